The van der Waals surface area contributed by atoms with E-state index < -0.39 is 74.9 Å². The molecule has 0 aromatic rings. The van der Waals surface area contributed by atoms with Gasteiger partial charge in [-0.2, -0.15) is 0 Å². The normalized spacial score (nSPS) is 20.0. The Kier molecular flexibility index (Phi) is 40.0. The smallest absolute Gasteiger partial charge is 0.241 e. The highest BCUT2D eigenvalue weighted by Crippen LogP contribution is 2.40. The van der Waals surface area contributed by atoms with E-state index in [-0.39, 0.29) is 0 Å². The average Bonchev–Trinajstić information content (AvgIpc) is 1.66. The number of hydrogen-bond acceptors (Lipinski definition) is 9. The molecule has 9 rings (SSSR count). The van der Waals surface area contributed by atoms with E-state index in [0.29, 0.717) is 17.8 Å². The summed E-state index contributed by atoms with van der Waals surface area (Å²) >= 11 is 0. The van der Waals surface area contributed by atoms with Gasteiger partial charge in [0.25, 0.3) is 0 Å². The molecule has 18 heteroatoms. The summed E-state index contributed by atoms with van der Waals surface area (Å²) in [7, 11) is -12.5. The molecule has 3 unspecified atom stereocenters. The van der Waals surface area contributed by atoms with Crippen LogP contribution in [0.25, 0.3) is 0 Å². The zero-order valence-corrected chi connectivity index (χ0v) is 87.1. The van der Waals surface area contributed by atoms with Gasteiger partial charge in [-0.05, 0) is 354 Å². The average molecular weight is 1640 g/mol. The van der Waals surface area contributed by atoms with Gasteiger partial charge in [-0.1, -0.05) is 104 Å². The van der Waals surface area contributed by atoms with Crippen LogP contribution >= 0.6 is 0 Å². The van der Waals surface area contributed by atoms with Crippen molar-refractivity contribution in [1.29, 1.82) is 0 Å². The molecule has 0 bridgehead atoms. The first kappa shape index (κ1) is 101. The van der Waals surface area contributed by atoms with Crippen molar-refractivity contribution in [2.75, 3.05) is 0 Å². The van der Waals surface area contributed by atoms with Gasteiger partial charge in [-0.25, -0.2) is 0 Å². The van der Waals surface area contributed by atoms with Crippen LogP contribution in [-0.2, 0) is 39.8 Å². The minimum absolute atomic E-state index is 0.478. The summed E-state index contributed by atoms with van der Waals surface area (Å²) in [6, 6.07) is 0. The van der Waals surface area contributed by atoms with Gasteiger partial charge >= 0.3 is 0 Å². The molecule has 612 valence electrons. The molecule has 0 aromatic carbocycles. The van der Waals surface area contributed by atoms with E-state index in [4.69, 9.17) is 39.8 Å². The lowest BCUT2D eigenvalue weighted by atomic mass is 10.0. The highest BCUT2D eigenvalue weighted by atomic mass is 28.4. The van der Waals surface area contributed by atoms with Gasteiger partial charge in [0.05, 0.1) is 51.8 Å². The fourth-order valence-electron chi connectivity index (χ4n) is 12.0. The molecule has 0 saturated carbocycles. The quantitative estimate of drug-likeness (QED) is 0.125. The first-order chi connectivity index (χ1) is 48.6. The van der Waals surface area contributed by atoms with Crippen LogP contribution in [0.5, 0.6) is 0 Å². The van der Waals surface area contributed by atoms with E-state index in [0.717, 1.165) is 50.0 Å². The number of rotatable bonds is 18. The monoisotopic (exact) mass is 1640 g/mol. The van der Waals surface area contributed by atoms with Crippen molar-refractivity contribution < 1.29 is 39.8 Å². The van der Waals surface area contributed by atoms with Gasteiger partial charge in [-0.15, -0.1) is 0 Å². The summed E-state index contributed by atoms with van der Waals surface area (Å²) in [6.07, 6.45) is 32.0. The molecular weight excluding hydrogens is 1480 g/mol. The second-order valence-corrected chi connectivity index (χ2v) is 79.4. The van der Waals surface area contributed by atoms with Crippen LogP contribution in [0.15, 0.2) is 208 Å². The van der Waals surface area contributed by atoms with Crippen molar-refractivity contribution in [3.63, 3.8) is 0 Å². The Morgan fingerprint density at radius 2 is 0.769 bits per heavy atom. The third-order valence-corrected chi connectivity index (χ3v) is 25.3. The van der Waals surface area contributed by atoms with Crippen molar-refractivity contribution >= 4 is 74.9 Å². The van der Waals surface area contributed by atoms with Crippen LogP contribution in [-0.4, -0.2) is 74.9 Å². The fourth-order valence-corrected chi connectivity index (χ4v) is 20.8. The lowest BCUT2D eigenvalue weighted by Gasteiger charge is -2.24. The summed E-state index contributed by atoms with van der Waals surface area (Å²) in [5.74, 6) is 12.2. The lowest BCUT2D eigenvalue weighted by molar-refractivity contribution is 0.372. The predicted molar refractivity (Wildman–Crippen MR) is 499 cm³/mol. The molecule has 9 aliphatic rings. The van der Waals surface area contributed by atoms with Crippen molar-refractivity contribution in [2.45, 2.75) is 340 Å². The minimum Gasteiger partial charge on any atom is -0.547 e. The van der Waals surface area contributed by atoms with Gasteiger partial charge in [-0.3, -0.25) is 0 Å². The molecule has 0 aromatic heterocycles. The molecule has 0 N–H and O–H groups in total. The Hall–Kier alpha value is -4.53. The van der Waals surface area contributed by atoms with Gasteiger partial charge in [0, 0.05) is 56.3 Å². The van der Waals surface area contributed by atoms with Crippen LogP contribution in [0, 0.1) is 17.8 Å². The number of hydrogen-bond donors (Lipinski definition) is 0. The minimum atomic E-state index is -1.45. The first-order valence-electron chi connectivity index (χ1n) is 40.2. The van der Waals surface area contributed by atoms with Gasteiger partial charge in [0.15, 0.2) is 0 Å². The fraction of sp³-hybridized carbons (Fsp3) is 0.600. The van der Waals surface area contributed by atoms with Gasteiger partial charge in [0.2, 0.25) is 74.9 Å². The van der Waals surface area contributed by atoms with E-state index in [1.165, 1.54) is 124 Å². The maximum absolute atomic E-state index is 6.14. The SMILES string of the molecule is CC1=C(C)C(C)=C(O[Si](C)(C)C)C1.CC1=C(C)C(C)C(O[Si](C)(C)C)=C1C.CC1=C(O[Si](C)(C)C)C(C)C=C1.CC1=C(O[Si](C)(C)C)CC=C1.CC1=CC(C)=C(O[Si](C)(C)C)C1.CC1=CC(C)C(O[Si](C)(C)C)=C1C.CC1=CCC(O[Si](C)(C)C)=C1.CC1=CCC(O[Si](C)(C)C)=C1C.C[Si](C)(C)OC1=CC=CC1. The highest BCUT2D eigenvalue weighted by Gasteiger charge is 2.32. The second-order valence-electron chi connectivity index (χ2n) is 39.6. The van der Waals surface area contributed by atoms with Crippen LogP contribution in [0.1, 0.15) is 163 Å². The first-order valence-corrected chi connectivity index (χ1v) is 70.8. The molecule has 0 aliphatic heterocycles. The Morgan fingerprint density at radius 1 is 0.315 bits per heavy atom. The summed E-state index contributed by atoms with van der Waals surface area (Å²) in [6.45, 7) is 99.0. The molecule has 0 fully saturated rings. The van der Waals surface area contributed by atoms with Crippen molar-refractivity contribution in [3.8, 4) is 0 Å². The molecule has 3 atom stereocenters. The summed E-state index contributed by atoms with van der Waals surface area (Å²) in [5, 5.41) is 0. The lowest BCUT2D eigenvalue weighted by Crippen LogP contribution is -2.26. The summed E-state index contributed by atoms with van der Waals surface area (Å²) < 4.78 is 53.5. The zero-order chi connectivity index (χ0) is 84.2. The third kappa shape index (κ3) is 41.8. The van der Waals surface area contributed by atoms with E-state index in [2.05, 4.69) is 374 Å². The van der Waals surface area contributed by atoms with Crippen molar-refractivity contribution in [2.24, 2.45) is 17.8 Å². The molecule has 0 amide bonds. The van der Waals surface area contributed by atoms with E-state index in [1.54, 1.807) is 0 Å². The second kappa shape index (κ2) is 42.5. The van der Waals surface area contributed by atoms with Crippen LogP contribution < -0.4 is 0 Å². The summed E-state index contributed by atoms with van der Waals surface area (Å²) in [5.41, 5.74) is 20.6. The molecule has 0 spiro atoms. The van der Waals surface area contributed by atoms with Crippen molar-refractivity contribution in [1.82, 2.24) is 0 Å². The molecule has 0 heterocycles. The standard InChI is InChI=1S/C12H22OSi.2C11H20OSi.3C10H18OSi.2C9H16OSi.C8H14OSi/c1-8-9(2)11(4)12(10(8)3)13-14(5,6)7;1-8-7-11(10(3)9(8)2)12-13(4,5)6;1-8-7-9(2)11(10(8)3)12-13(4,5)6;1-8-6-9(2)10(7-8)11-12(3,4)5;1-8-6-7-10(9(8)2)11-12(3,4)5;1-8-6-7-9(2)10(8)11-12(3,4)5;1-8-5-6-9(7-8)10-11(2,3)4;1-8-6-5-7-9(8)10-11(2,3)4;1-10(2,3)9-8-6-4-5-7-8/h10H,1-7H3;7H2,1-6H3;7,9H,1-6H3;2*6H,7H2,1-5H3;6-8H,1-5H3;5,7H,6H2,1-4H3;5-6H,7H2,1-4H3;4-6H,7H2,1-3H3. The van der Waals surface area contributed by atoms with Crippen LogP contribution in [0.2, 0.25) is 177 Å². The van der Waals surface area contributed by atoms with E-state index >= 15 is 0 Å². The van der Waals surface area contributed by atoms with Crippen LogP contribution in [0.3, 0.4) is 0 Å². The Morgan fingerprint density at radius 3 is 1.10 bits per heavy atom. The molecule has 0 radical (unpaired) electrons. The third-order valence-electron chi connectivity index (χ3n) is 17.6. The Balaban J connectivity index is 0.000000608. The highest BCUT2D eigenvalue weighted by molar-refractivity contribution is 6.72. The van der Waals surface area contributed by atoms with E-state index in [1.807, 2.05) is 0 Å². The summed E-state index contributed by atoms with van der Waals surface area (Å²) in [4.78, 5) is 0. The maximum Gasteiger partial charge on any atom is 0.241 e. The predicted octanol–water partition coefficient (Wildman–Crippen LogP) is 30.7. The Bertz CT molecular complexity index is 3680. The largest absolute Gasteiger partial charge is 0.547 e. The zero-order valence-electron chi connectivity index (χ0n) is 78.1. The van der Waals surface area contributed by atoms with Crippen LogP contribution in [0.4, 0.5) is 0 Å². The molecule has 9 aliphatic carbocycles. The molecular formula is C90H162O9Si9. The van der Waals surface area contributed by atoms with Crippen molar-refractivity contribution in [3.05, 3.63) is 208 Å². The van der Waals surface area contributed by atoms with E-state index in [9.17, 15) is 0 Å². The molecule has 0 saturated heterocycles. The van der Waals surface area contributed by atoms with Gasteiger partial charge in [0.1, 0.15) is 0 Å². The molecule has 9 nitrogen and oxygen atoms in total. The Labute approximate surface area is 675 Å². The maximum atomic E-state index is 6.14. The topological polar surface area (TPSA) is 83.1 Å². The molecule has 108 heavy (non-hydrogen) atoms. The van der Waals surface area contributed by atoms with Gasteiger partial charge < -0.3 is 39.8 Å². The number of allylic oxidation sites excluding steroid dienone is 27.